The van der Waals surface area contributed by atoms with Crippen LogP contribution in [0.4, 0.5) is 0 Å². The molecule has 0 amide bonds. The molecule has 0 saturated carbocycles. The first-order chi connectivity index (χ1) is 8.79. The maximum atomic E-state index is 5.61. The first kappa shape index (κ1) is 11.1. The van der Waals surface area contributed by atoms with Crippen LogP contribution < -0.4 is 15.2 Å². The minimum absolute atomic E-state index is 0.268. The maximum absolute atomic E-state index is 5.61. The van der Waals surface area contributed by atoms with Crippen LogP contribution in [0, 0.1) is 6.92 Å². The number of aryl methyl sites for hydroxylation is 1. The van der Waals surface area contributed by atoms with E-state index in [1.165, 1.54) is 0 Å². The second-order valence-electron chi connectivity index (χ2n) is 4.18. The highest BCUT2D eigenvalue weighted by Crippen LogP contribution is 2.37. The van der Waals surface area contributed by atoms with Crippen LogP contribution in [0.5, 0.6) is 11.5 Å². The number of nitrogens with zero attached hydrogens (tertiary/aromatic N) is 1. The Morgan fingerprint density at radius 1 is 1.28 bits per heavy atom. The van der Waals surface area contributed by atoms with E-state index in [4.69, 9.17) is 19.7 Å². The van der Waals surface area contributed by atoms with E-state index in [-0.39, 0.29) is 6.79 Å². The average Bonchev–Trinajstić information content (AvgIpc) is 2.97. The Morgan fingerprint density at radius 2 is 2.11 bits per heavy atom. The molecule has 5 heteroatoms. The summed E-state index contributed by atoms with van der Waals surface area (Å²) < 4.78 is 16.0. The van der Waals surface area contributed by atoms with Gasteiger partial charge < -0.3 is 19.7 Å². The quantitative estimate of drug-likeness (QED) is 0.895. The molecule has 3 rings (SSSR count). The number of rotatable bonds is 3. The summed E-state index contributed by atoms with van der Waals surface area (Å²) in [4.78, 5) is 0. The zero-order valence-electron chi connectivity index (χ0n) is 10.1. The van der Waals surface area contributed by atoms with Gasteiger partial charge in [-0.25, -0.2) is 0 Å². The minimum atomic E-state index is 0.268. The van der Waals surface area contributed by atoms with Crippen LogP contribution >= 0.6 is 0 Å². The van der Waals surface area contributed by atoms with Crippen molar-refractivity contribution in [1.29, 1.82) is 0 Å². The van der Waals surface area contributed by atoms with E-state index in [0.29, 0.717) is 6.54 Å². The van der Waals surface area contributed by atoms with Crippen molar-refractivity contribution in [3.05, 3.63) is 29.5 Å². The molecule has 2 aromatic rings. The largest absolute Gasteiger partial charge is 0.454 e. The molecule has 0 fully saturated rings. The molecule has 18 heavy (non-hydrogen) atoms. The average molecular weight is 246 g/mol. The summed E-state index contributed by atoms with van der Waals surface area (Å²) in [6.07, 6.45) is 0.749. The topological polar surface area (TPSA) is 70.5 Å². The molecule has 0 unspecified atom stereocenters. The van der Waals surface area contributed by atoms with Gasteiger partial charge in [0.1, 0.15) is 0 Å². The predicted molar refractivity (Wildman–Crippen MR) is 65.6 cm³/mol. The van der Waals surface area contributed by atoms with Gasteiger partial charge in [0.05, 0.1) is 5.69 Å². The molecule has 0 radical (unpaired) electrons. The Balaban J connectivity index is 2.04. The zero-order valence-corrected chi connectivity index (χ0v) is 10.1. The third-order valence-corrected chi connectivity index (χ3v) is 3.01. The summed E-state index contributed by atoms with van der Waals surface area (Å²) in [7, 11) is 0. The van der Waals surface area contributed by atoms with Crippen LogP contribution in [0.3, 0.4) is 0 Å². The monoisotopic (exact) mass is 246 g/mol. The molecular formula is C13H14N2O3. The van der Waals surface area contributed by atoms with E-state index in [1.54, 1.807) is 0 Å². The number of ether oxygens (including phenoxy) is 2. The molecule has 1 aromatic carbocycles. The highest BCUT2D eigenvalue weighted by Gasteiger charge is 2.18. The highest BCUT2D eigenvalue weighted by atomic mass is 16.7. The molecule has 0 bridgehead atoms. The van der Waals surface area contributed by atoms with Gasteiger partial charge >= 0.3 is 0 Å². The van der Waals surface area contributed by atoms with Crippen molar-refractivity contribution < 1.29 is 14.0 Å². The van der Waals surface area contributed by atoms with Gasteiger partial charge in [-0.15, -0.1) is 0 Å². The summed E-state index contributed by atoms with van der Waals surface area (Å²) in [5.41, 5.74) is 8.48. The second-order valence-corrected chi connectivity index (χ2v) is 4.18. The van der Waals surface area contributed by atoms with Crippen molar-refractivity contribution >= 4 is 0 Å². The van der Waals surface area contributed by atoms with Crippen LogP contribution in [-0.2, 0) is 6.42 Å². The molecule has 5 nitrogen and oxygen atoms in total. The van der Waals surface area contributed by atoms with Gasteiger partial charge in [-0.3, -0.25) is 0 Å². The lowest BCUT2D eigenvalue weighted by Gasteiger charge is -2.02. The van der Waals surface area contributed by atoms with Crippen molar-refractivity contribution in [2.24, 2.45) is 5.73 Å². The fourth-order valence-electron chi connectivity index (χ4n) is 2.09. The summed E-state index contributed by atoms with van der Waals surface area (Å²) in [5, 5.41) is 4.00. The van der Waals surface area contributed by atoms with Crippen molar-refractivity contribution in [2.45, 2.75) is 13.3 Å². The highest BCUT2D eigenvalue weighted by molar-refractivity contribution is 5.66. The molecular weight excluding hydrogens is 232 g/mol. The summed E-state index contributed by atoms with van der Waals surface area (Å²) >= 11 is 0. The molecule has 0 saturated heterocycles. The second kappa shape index (κ2) is 4.34. The lowest BCUT2D eigenvalue weighted by Crippen LogP contribution is -2.04. The van der Waals surface area contributed by atoms with Gasteiger partial charge in [0, 0.05) is 11.1 Å². The van der Waals surface area contributed by atoms with Gasteiger partial charge in [0.25, 0.3) is 0 Å². The van der Waals surface area contributed by atoms with Gasteiger partial charge in [-0.05, 0) is 38.1 Å². The number of hydrogen-bond acceptors (Lipinski definition) is 5. The molecule has 1 aromatic heterocycles. The van der Waals surface area contributed by atoms with Crippen LogP contribution in [-0.4, -0.2) is 18.5 Å². The predicted octanol–water partition coefficient (Wildman–Crippen LogP) is 1.88. The molecule has 1 aliphatic rings. The van der Waals surface area contributed by atoms with E-state index in [9.17, 15) is 0 Å². The van der Waals surface area contributed by atoms with E-state index in [2.05, 4.69) is 5.16 Å². The SMILES string of the molecule is Cc1noc(-c2ccc3c(c2)OCO3)c1CCN. The van der Waals surface area contributed by atoms with Crippen LogP contribution in [0.1, 0.15) is 11.3 Å². The van der Waals surface area contributed by atoms with Crippen LogP contribution in [0.25, 0.3) is 11.3 Å². The fourth-order valence-corrected chi connectivity index (χ4v) is 2.09. The Bertz CT molecular complexity index is 578. The van der Waals surface area contributed by atoms with Gasteiger partial charge in [-0.2, -0.15) is 0 Å². The van der Waals surface area contributed by atoms with Gasteiger partial charge in [-0.1, -0.05) is 5.16 Å². The molecule has 0 aliphatic carbocycles. The lowest BCUT2D eigenvalue weighted by molar-refractivity contribution is 0.174. The van der Waals surface area contributed by atoms with Crippen LogP contribution in [0.2, 0.25) is 0 Å². The third kappa shape index (κ3) is 1.73. The number of hydrogen-bond donors (Lipinski definition) is 1. The first-order valence-corrected chi connectivity index (χ1v) is 5.85. The third-order valence-electron chi connectivity index (χ3n) is 3.01. The summed E-state index contributed by atoms with van der Waals surface area (Å²) in [6, 6.07) is 5.72. The lowest BCUT2D eigenvalue weighted by atomic mass is 10.0. The van der Waals surface area contributed by atoms with Crippen molar-refractivity contribution in [2.75, 3.05) is 13.3 Å². The van der Waals surface area contributed by atoms with Crippen molar-refractivity contribution in [1.82, 2.24) is 5.16 Å². The number of fused-ring (bicyclic) bond motifs is 1. The maximum Gasteiger partial charge on any atom is 0.231 e. The Kier molecular flexibility index (Phi) is 2.68. The molecule has 94 valence electrons. The van der Waals surface area contributed by atoms with Gasteiger partial charge in [0.2, 0.25) is 6.79 Å². The molecule has 0 spiro atoms. The number of aromatic nitrogens is 1. The van der Waals surface area contributed by atoms with Crippen molar-refractivity contribution in [3.8, 4) is 22.8 Å². The zero-order chi connectivity index (χ0) is 12.5. The first-order valence-electron chi connectivity index (χ1n) is 5.85. The fraction of sp³-hybridized carbons (Fsp3) is 0.308. The minimum Gasteiger partial charge on any atom is -0.454 e. The Labute approximate surface area is 104 Å². The molecule has 2 heterocycles. The molecule has 1 aliphatic heterocycles. The van der Waals surface area contributed by atoms with Crippen LogP contribution in [0.15, 0.2) is 22.7 Å². The standard InChI is InChI=1S/C13H14N2O3/c1-8-10(4-5-14)13(18-15-8)9-2-3-11-12(6-9)17-7-16-11/h2-3,6H,4-5,7,14H2,1H3. The summed E-state index contributed by atoms with van der Waals surface area (Å²) in [6.45, 7) is 2.76. The Morgan fingerprint density at radius 3 is 2.94 bits per heavy atom. The molecule has 0 atom stereocenters. The van der Waals surface area contributed by atoms with Gasteiger partial charge in [0.15, 0.2) is 17.3 Å². The van der Waals surface area contributed by atoms with E-state index < -0.39 is 0 Å². The normalized spacial score (nSPS) is 13.0. The van der Waals surface area contributed by atoms with E-state index in [1.807, 2.05) is 25.1 Å². The number of nitrogens with two attached hydrogens (primary N) is 1. The van der Waals surface area contributed by atoms with E-state index >= 15 is 0 Å². The smallest absolute Gasteiger partial charge is 0.231 e. The Hall–Kier alpha value is -2.01. The van der Waals surface area contributed by atoms with E-state index in [0.717, 1.165) is 40.5 Å². The number of benzene rings is 1. The summed E-state index contributed by atoms with van der Waals surface area (Å²) in [5.74, 6) is 2.26. The molecule has 2 N–H and O–H groups in total. The van der Waals surface area contributed by atoms with Crippen molar-refractivity contribution in [3.63, 3.8) is 0 Å².